The minimum absolute atomic E-state index is 0.0141. The van der Waals surface area contributed by atoms with Gasteiger partial charge >= 0.3 is 5.97 Å². The van der Waals surface area contributed by atoms with Crippen molar-refractivity contribution in [2.24, 2.45) is 28.6 Å². The molecule has 220 valence electrons. The molecule has 8 heteroatoms. The zero-order chi connectivity index (χ0) is 29.6. The number of carbonyl (C=O) groups excluding carboxylic acids is 4. The number of rotatable bonds is 8. The number of nitrogens with one attached hydrogen (secondary N) is 1. The van der Waals surface area contributed by atoms with Gasteiger partial charge in [-0.15, -0.1) is 0 Å². The summed E-state index contributed by atoms with van der Waals surface area (Å²) in [7, 11) is 0. The van der Waals surface area contributed by atoms with Crippen LogP contribution in [0.3, 0.4) is 0 Å². The Balaban J connectivity index is 1.18. The minimum atomic E-state index is -1.72. The van der Waals surface area contributed by atoms with Crippen LogP contribution in [0.4, 0.5) is 0 Å². The molecule has 0 radical (unpaired) electrons. The van der Waals surface area contributed by atoms with E-state index in [0.717, 1.165) is 24.0 Å². The molecule has 1 aromatic rings. The van der Waals surface area contributed by atoms with E-state index >= 15 is 0 Å². The monoisotopic (exact) mass is 563 g/mol. The van der Waals surface area contributed by atoms with Gasteiger partial charge in [0.1, 0.15) is 5.60 Å². The SMILES string of the molecule is C[C@H](NC(=O)CCC(=O)OCC(=O)[C@@]1(O)CC[C@H]2[C@@H]3CCC4=CC(=O)C=C[C@]4(C)[C@H]3[C@H](O)C[C@@]21C)c1ccccc1. The third-order valence-electron chi connectivity index (χ3n) is 10.7. The smallest absolute Gasteiger partial charge is 0.306 e. The van der Waals surface area contributed by atoms with Gasteiger partial charge in [0.25, 0.3) is 0 Å². The number of aliphatic hydroxyl groups is 2. The van der Waals surface area contributed by atoms with Crippen LogP contribution in [0.2, 0.25) is 0 Å². The van der Waals surface area contributed by atoms with E-state index in [4.69, 9.17) is 4.74 Å². The molecule has 3 saturated carbocycles. The molecule has 0 bridgehead atoms. The predicted octanol–water partition coefficient (Wildman–Crippen LogP) is 3.77. The number of ketones is 2. The molecular weight excluding hydrogens is 522 g/mol. The molecule has 0 heterocycles. The van der Waals surface area contributed by atoms with E-state index in [1.807, 2.05) is 50.3 Å². The molecule has 5 rings (SSSR count). The second-order valence-electron chi connectivity index (χ2n) is 12.9. The fourth-order valence-electron chi connectivity index (χ4n) is 8.48. The number of ether oxygens (including phenoxy) is 1. The fourth-order valence-corrected chi connectivity index (χ4v) is 8.48. The highest BCUT2D eigenvalue weighted by molar-refractivity contribution is 6.01. The van der Waals surface area contributed by atoms with Gasteiger partial charge in [0.2, 0.25) is 11.7 Å². The van der Waals surface area contributed by atoms with Crippen LogP contribution >= 0.6 is 0 Å². The molecule has 4 aliphatic rings. The molecule has 4 aliphatic carbocycles. The molecule has 0 unspecified atom stereocenters. The largest absolute Gasteiger partial charge is 0.458 e. The van der Waals surface area contributed by atoms with Crippen molar-refractivity contribution in [1.29, 1.82) is 0 Å². The van der Waals surface area contributed by atoms with Gasteiger partial charge in [-0.25, -0.2) is 0 Å². The van der Waals surface area contributed by atoms with Gasteiger partial charge in [0.05, 0.1) is 18.6 Å². The summed E-state index contributed by atoms with van der Waals surface area (Å²) in [6.45, 7) is 5.26. The number of fused-ring (bicyclic) bond motifs is 5. The summed E-state index contributed by atoms with van der Waals surface area (Å²) in [6, 6.07) is 9.29. The lowest BCUT2D eigenvalue weighted by Crippen LogP contribution is -2.61. The highest BCUT2D eigenvalue weighted by atomic mass is 16.5. The molecule has 3 fully saturated rings. The normalized spacial score (nSPS) is 36.3. The molecule has 1 amide bonds. The van der Waals surface area contributed by atoms with Crippen LogP contribution in [0, 0.1) is 28.6 Å². The van der Waals surface area contributed by atoms with Crippen molar-refractivity contribution in [1.82, 2.24) is 5.32 Å². The Kier molecular flexibility index (Phi) is 7.85. The van der Waals surface area contributed by atoms with Crippen molar-refractivity contribution in [3.63, 3.8) is 0 Å². The molecule has 0 aromatic heterocycles. The van der Waals surface area contributed by atoms with Gasteiger partial charge in [0, 0.05) is 23.2 Å². The highest BCUT2D eigenvalue weighted by Crippen LogP contribution is 2.67. The van der Waals surface area contributed by atoms with E-state index in [2.05, 4.69) is 12.2 Å². The molecular formula is C33H41NO7. The topological polar surface area (TPSA) is 130 Å². The fraction of sp³-hybridized carbons (Fsp3) is 0.576. The number of allylic oxidation sites excluding steroid dienone is 4. The number of benzene rings is 1. The van der Waals surface area contributed by atoms with Gasteiger partial charge in [-0.05, 0) is 68.6 Å². The number of Topliss-reactive ketones (excluding diaryl/α,β-unsaturated/α-hetero) is 1. The standard InChI is InChI=1S/C33H41NO7/c1-20(21-7-5-4-6-8-21)34-28(38)11-12-29(39)41-19-27(37)33(40)16-14-25-24-10-9-22-17-23(35)13-15-31(22,2)30(24)26(36)18-32(25,33)3/h4-8,13,15,17,20,24-26,30,36,40H,9-12,14,16,18-19H2,1-3H3,(H,34,38)/t20-,24-,25-,26+,30+,31-,32-,33-/m0/s1. The number of amides is 1. The molecule has 41 heavy (non-hydrogen) atoms. The van der Waals surface area contributed by atoms with Crippen LogP contribution in [-0.2, 0) is 23.9 Å². The van der Waals surface area contributed by atoms with E-state index in [-0.39, 0.29) is 61.2 Å². The first-order valence-corrected chi connectivity index (χ1v) is 14.8. The van der Waals surface area contributed by atoms with Gasteiger partial charge in [-0.2, -0.15) is 0 Å². The lowest BCUT2D eigenvalue weighted by Gasteiger charge is -2.59. The van der Waals surface area contributed by atoms with Crippen molar-refractivity contribution in [3.8, 4) is 0 Å². The molecule has 1 aromatic carbocycles. The van der Waals surface area contributed by atoms with Crippen molar-refractivity contribution in [3.05, 3.63) is 59.7 Å². The van der Waals surface area contributed by atoms with E-state index in [1.54, 1.807) is 12.2 Å². The van der Waals surface area contributed by atoms with Crippen LogP contribution in [0.5, 0.6) is 0 Å². The van der Waals surface area contributed by atoms with Gasteiger partial charge < -0.3 is 20.3 Å². The Morgan fingerprint density at radius 3 is 2.59 bits per heavy atom. The van der Waals surface area contributed by atoms with Crippen molar-refractivity contribution < 1.29 is 34.1 Å². The maximum absolute atomic E-state index is 13.4. The zero-order valence-corrected chi connectivity index (χ0v) is 24.1. The van der Waals surface area contributed by atoms with E-state index in [1.165, 1.54) is 0 Å². The van der Waals surface area contributed by atoms with E-state index in [9.17, 15) is 29.4 Å². The van der Waals surface area contributed by atoms with Crippen LogP contribution < -0.4 is 5.32 Å². The summed E-state index contributed by atoms with van der Waals surface area (Å²) in [6.07, 6.45) is 6.88. The maximum Gasteiger partial charge on any atom is 0.306 e. The van der Waals surface area contributed by atoms with Crippen LogP contribution in [0.1, 0.15) is 77.3 Å². The molecule has 0 spiro atoms. The average Bonchev–Trinajstić information content (AvgIpc) is 3.21. The number of hydrogen-bond donors (Lipinski definition) is 3. The van der Waals surface area contributed by atoms with Crippen molar-refractivity contribution in [2.75, 3.05) is 6.61 Å². The predicted molar refractivity (Wildman–Crippen MR) is 151 cm³/mol. The third-order valence-corrected chi connectivity index (χ3v) is 10.7. The lowest BCUT2D eigenvalue weighted by atomic mass is 9.46. The van der Waals surface area contributed by atoms with E-state index < -0.39 is 40.9 Å². The average molecular weight is 564 g/mol. The first-order valence-electron chi connectivity index (χ1n) is 14.8. The van der Waals surface area contributed by atoms with Crippen molar-refractivity contribution >= 4 is 23.4 Å². The molecule has 3 N–H and O–H groups in total. The number of hydrogen-bond acceptors (Lipinski definition) is 7. The Morgan fingerprint density at radius 1 is 1.12 bits per heavy atom. The third kappa shape index (κ3) is 5.10. The molecule has 8 atom stereocenters. The van der Waals surface area contributed by atoms with Gasteiger partial charge in [-0.1, -0.05) is 55.8 Å². The summed E-state index contributed by atoms with van der Waals surface area (Å²) in [5.41, 5.74) is -1.01. The summed E-state index contributed by atoms with van der Waals surface area (Å²) < 4.78 is 5.24. The maximum atomic E-state index is 13.4. The summed E-state index contributed by atoms with van der Waals surface area (Å²) in [4.78, 5) is 50.2. The highest BCUT2D eigenvalue weighted by Gasteiger charge is 2.68. The first kappa shape index (κ1) is 29.4. The van der Waals surface area contributed by atoms with Gasteiger partial charge in [-0.3, -0.25) is 19.2 Å². The molecule has 0 saturated heterocycles. The second-order valence-corrected chi connectivity index (χ2v) is 12.9. The quantitative estimate of drug-likeness (QED) is 0.411. The molecule has 0 aliphatic heterocycles. The summed E-state index contributed by atoms with van der Waals surface area (Å²) >= 11 is 0. The Hall–Kier alpha value is -3.10. The lowest BCUT2D eigenvalue weighted by molar-refractivity contribution is -0.181. The second kappa shape index (κ2) is 11.0. The van der Waals surface area contributed by atoms with Crippen LogP contribution in [0.15, 0.2) is 54.1 Å². The zero-order valence-electron chi connectivity index (χ0n) is 24.1. The van der Waals surface area contributed by atoms with Crippen LogP contribution in [-0.4, -0.2) is 52.0 Å². The van der Waals surface area contributed by atoms with Gasteiger partial charge in [0.15, 0.2) is 12.4 Å². The molecule has 8 nitrogen and oxygen atoms in total. The first-order chi connectivity index (χ1) is 19.4. The number of esters is 1. The van der Waals surface area contributed by atoms with E-state index in [0.29, 0.717) is 6.42 Å². The summed E-state index contributed by atoms with van der Waals surface area (Å²) in [5, 5.41) is 26.1. The summed E-state index contributed by atoms with van der Waals surface area (Å²) in [5.74, 6) is -1.55. The number of carbonyl (C=O) groups is 4. The Morgan fingerprint density at radius 2 is 1.85 bits per heavy atom. The van der Waals surface area contributed by atoms with Crippen molar-refractivity contribution in [2.45, 2.75) is 83.5 Å². The minimum Gasteiger partial charge on any atom is -0.458 e. The Labute approximate surface area is 241 Å². The number of aliphatic hydroxyl groups excluding tert-OH is 1. The van der Waals surface area contributed by atoms with Crippen LogP contribution in [0.25, 0.3) is 0 Å². The Bertz CT molecular complexity index is 1290.